The molecule has 7 nitrogen and oxygen atoms in total. The molecule has 1 amide bonds. The van der Waals surface area contributed by atoms with E-state index >= 15 is 0 Å². The first-order valence-electron chi connectivity index (χ1n) is 6.27. The zero-order valence-electron chi connectivity index (χ0n) is 12.2. The van der Waals surface area contributed by atoms with Crippen molar-refractivity contribution in [2.24, 2.45) is 0 Å². The van der Waals surface area contributed by atoms with E-state index in [0.717, 1.165) is 17.5 Å². The van der Waals surface area contributed by atoms with Gasteiger partial charge in [-0.15, -0.1) is 0 Å². The molecule has 9 heteroatoms. The zero-order valence-corrected chi connectivity index (χ0v) is 14.6. The number of aromatic nitrogens is 2. The van der Waals surface area contributed by atoms with E-state index in [9.17, 15) is 13.2 Å². The van der Waals surface area contributed by atoms with Crippen LogP contribution >= 0.6 is 15.9 Å². The topological polar surface area (TPSA) is 104 Å². The van der Waals surface area contributed by atoms with Crippen molar-refractivity contribution in [3.8, 4) is 0 Å². The van der Waals surface area contributed by atoms with Gasteiger partial charge in [0.25, 0.3) is 5.91 Å². The van der Waals surface area contributed by atoms with Crippen molar-refractivity contribution in [3.05, 3.63) is 39.6 Å². The summed E-state index contributed by atoms with van der Waals surface area (Å²) >= 11 is 3.28. The molecule has 0 bridgehead atoms. The normalized spacial score (nSPS) is 11.3. The number of anilines is 2. The number of carbonyl (C=O) groups is 1. The van der Waals surface area contributed by atoms with Gasteiger partial charge < -0.3 is 5.32 Å². The minimum absolute atomic E-state index is 0.232. The largest absolute Gasteiger partial charge is 0.320 e. The Hall–Kier alpha value is -1.87. The van der Waals surface area contributed by atoms with Crippen LogP contribution in [0.15, 0.2) is 22.7 Å². The highest BCUT2D eigenvalue weighted by Crippen LogP contribution is 2.23. The van der Waals surface area contributed by atoms with Crippen LogP contribution in [0.1, 0.15) is 21.7 Å². The maximum atomic E-state index is 12.2. The summed E-state index contributed by atoms with van der Waals surface area (Å²) in [4.78, 5) is 12.2. The third-order valence-electron chi connectivity index (χ3n) is 2.88. The maximum absolute atomic E-state index is 12.2. The molecule has 0 aliphatic rings. The van der Waals surface area contributed by atoms with E-state index in [2.05, 4.69) is 36.2 Å². The van der Waals surface area contributed by atoms with E-state index in [0.29, 0.717) is 15.8 Å². The summed E-state index contributed by atoms with van der Waals surface area (Å²) in [7, 11) is -3.39. The molecule has 0 fully saturated rings. The Morgan fingerprint density at radius 2 is 2.00 bits per heavy atom. The summed E-state index contributed by atoms with van der Waals surface area (Å²) in [6.07, 6.45) is 1.07. The number of halogens is 1. The standard InChI is InChI=1S/C13H15BrN4O3S/c1-7-4-5-9(6-10(7)18-22(3,20)21)15-13(19)12-11(14)8(2)16-17-12/h4-6,18H,1-3H3,(H,15,19)(H,16,17). The van der Waals surface area contributed by atoms with Crippen molar-refractivity contribution in [2.75, 3.05) is 16.3 Å². The van der Waals surface area contributed by atoms with Crippen LogP contribution in [-0.4, -0.2) is 30.8 Å². The highest BCUT2D eigenvalue weighted by atomic mass is 79.9. The summed E-state index contributed by atoms with van der Waals surface area (Å²) in [5.41, 5.74) is 2.61. The molecule has 0 aliphatic heterocycles. The van der Waals surface area contributed by atoms with Crippen molar-refractivity contribution in [3.63, 3.8) is 0 Å². The average Bonchev–Trinajstić information content (AvgIpc) is 2.72. The predicted molar refractivity (Wildman–Crippen MR) is 88.6 cm³/mol. The molecule has 22 heavy (non-hydrogen) atoms. The molecule has 0 saturated heterocycles. The number of sulfonamides is 1. The van der Waals surface area contributed by atoms with Gasteiger partial charge >= 0.3 is 0 Å². The van der Waals surface area contributed by atoms with Gasteiger partial charge in [-0.1, -0.05) is 6.07 Å². The van der Waals surface area contributed by atoms with Crippen molar-refractivity contribution in [2.45, 2.75) is 13.8 Å². The lowest BCUT2D eigenvalue weighted by molar-refractivity contribution is 0.102. The molecule has 0 spiro atoms. The van der Waals surface area contributed by atoms with Gasteiger partial charge in [0.05, 0.1) is 16.4 Å². The van der Waals surface area contributed by atoms with E-state index in [-0.39, 0.29) is 5.69 Å². The van der Waals surface area contributed by atoms with E-state index in [4.69, 9.17) is 0 Å². The van der Waals surface area contributed by atoms with Crippen molar-refractivity contribution >= 4 is 43.2 Å². The molecular weight excluding hydrogens is 372 g/mol. The molecule has 118 valence electrons. The molecule has 1 heterocycles. The summed E-state index contributed by atoms with van der Waals surface area (Å²) in [5, 5.41) is 9.30. The fourth-order valence-corrected chi connectivity index (χ4v) is 2.74. The number of nitrogens with zero attached hydrogens (tertiary/aromatic N) is 1. The van der Waals surface area contributed by atoms with Crippen LogP contribution in [0.25, 0.3) is 0 Å². The van der Waals surface area contributed by atoms with Crippen LogP contribution in [0.3, 0.4) is 0 Å². The Kier molecular flexibility index (Phi) is 4.57. The number of hydrogen-bond acceptors (Lipinski definition) is 4. The molecule has 0 aliphatic carbocycles. The molecule has 1 aromatic carbocycles. The molecule has 0 radical (unpaired) electrons. The summed E-state index contributed by atoms with van der Waals surface area (Å²) < 4.78 is 25.7. The van der Waals surface area contributed by atoms with Crippen LogP contribution < -0.4 is 10.0 Å². The second-order valence-corrected chi connectivity index (χ2v) is 7.41. The van der Waals surface area contributed by atoms with Crippen LogP contribution in [0, 0.1) is 13.8 Å². The van der Waals surface area contributed by atoms with Crippen molar-refractivity contribution in [1.29, 1.82) is 0 Å². The molecule has 2 rings (SSSR count). The second-order valence-electron chi connectivity index (χ2n) is 4.87. The van der Waals surface area contributed by atoms with Gasteiger partial charge in [-0.25, -0.2) is 8.42 Å². The Morgan fingerprint density at radius 1 is 1.32 bits per heavy atom. The lowest BCUT2D eigenvalue weighted by Gasteiger charge is -2.10. The minimum Gasteiger partial charge on any atom is -0.320 e. The summed E-state index contributed by atoms with van der Waals surface area (Å²) in [5.74, 6) is -0.398. The minimum atomic E-state index is -3.39. The fourth-order valence-electron chi connectivity index (χ4n) is 1.77. The fraction of sp³-hybridized carbons (Fsp3) is 0.231. The number of amides is 1. The van der Waals surface area contributed by atoms with Gasteiger partial charge in [0.2, 0.25) is 10.0 Å². The number of aromatic amines is 1. The van der Waals surface area contributed by atoms with Crippen molar-refractivity contribution in [1.82, 2.24) is 10.2 Å². The van der Waals surface area contributed by atoms with Gasteiger partial charge in [-0.2, -0.15) is 5.10 Å². The number of nitrogens with one attached hydrogen (secondary N) is 3. The van der Waals surface area contributed by atoms with Gasteiger partial charge in [0.1, 0.15) is 0 Å². The highest BCUT2D eigenvalue weighted by molar-refractivity contribution is 9.10. The Balaban J connectivity index is 2.25. The first kappa shape index (κ1) is 16.5. The van der Waals surface area contributed by atoms with Gasteiger partial charge in [0.15, 0.2) is 5.69 Å². The molecular formula is C13H15BrN4O3S. The molecule has 1 aromatic heterocycles. The highest BCUT2D eigenvalue weighted by Gasteiger charge is 2.16. The third-order valence-corrected chi connectivity index (χ3v) is 4.44. The van der Waals surface area contributed by atoms with Gasteiger partial charge in [-0.05, 0) is 47.5 Å². The predicted octanol–water partition coefficient (Wildman–Crippen LogP) is 2.41. The SMILES string of the molecule is Cc1ccc(NC(=O)c2n[nH]c(C)c2Br)cc1NS(C)(=O)=O. The van der Waals surface area contributed by atoms with E-state index in [1.807, 2.05) is 0 Å². The molecule has 0 unspecified atom stereocenters. The second kappa shape index (κ2) is 6.09. The monoisotopic (exact) mass is 386 g/mol. The van der Waals surface area contributed by atoms with Crippen LogP contribution in [0.2, 0.25) is 0 Å². The van der Waals surface area contributed by atoms with Crippen LogP contribution in [0.5, 0.6) is 0 Å². The molecule has 2 aromatic rings. The number of aryl methyl sites for hydroxylation is 2. The van der Waals surface area contributed by atoms with Crippen LogP contribution in [-0.2, 0) is 10.0 Å². The Morgan fingerprint density at radius 3 is 2.55 bits per heavy atom. The van der Waals surface area contributed by atoms with Crippen LogP contribution in [0.4, 0.5) is 11.4 Å². The number of carbonyl (C=O) groups excluding carboxylic acids is 1. The molecule has 3 N–H and O–H groups in total. The third kappa shape index (κ3) is 3.86. The quantitative estimate of drug-likeness (QED) is 0.750. The van der Waals surface area contributed by atoms with Crippen molar-refractivity contribution < 1.29 is 13.2 Å². The molecule has 0 saturated carbocycles. The summed E-state index contributed by atoms with van der Waals surface area (Å²) in [6.45, 7) is 3.56. The van der Waals surface area contributed by atoms with Gasteiger partial charge in [-0.3, -0.25) is 14.6 Å². The average molecular weight is 387 g/mol. The van der Waals surface area contributed by atoms with E-state index in [1.165, 1.54) is 0 Å². The lowest BCUT2D eigenvalue weighted by Crippen LogP contribution is -2.14. The van der Waals surface area contributed by atoms with E-state index in [1.54, 1.807) is 32.0 Å². The number of hydrogen-bond donors (Lipinski definition) is 3. The Labute approximate surface area is 136 Å². The molecule has 0 atom stereocenters. The smallest absolute Gasteiger partial charge is 0.277 e. The van der Waals surface area contributed by atoms with Gasteiger partial charge in [0, 0.05) is 11.4 Å². The zero-order chi connectivity index (χ0) is 16.5. The first-order valence-corrected chi connectivity index (χ1v) is 8.96. The van der Waals surface area contributed by atoms with E-state index < -0.39 is 15.9 Å². The number of benzene rings is 1. The summed E-state index contributed by atoms with van der Waals surface area (Å²) in [6, 6.07) is 4.96. The lowest BCUT2D eigenvalue weighted by atomic mass is 10.2. The number of H-pyrrole nitrogens is 1. The maximum Gasteiger partial charge on any atom is 0.277 e. The Bertz CT molecular complexity index is 830. The number of rotatable bonds is 4. The first-order chi connectivity index (χ1) is 10.2.